The summed E-state index contributed by atoms with van der Waals surface area (Å²) >= 11 is 0. The molecule has 2 fully saturated rings. The highest BCUT2D eigenvalue weighted by atomic mass is 15.2. The van der Waals surface area contributed by atoms with Gasteiger partial charge < -0.3 is 9.80 Å². The van der Waals surface area contributed by atoms with E-state index in [0.717, 1.165) is 69.2 Å². The Labute approximate surface area is 356 Å². The first-order valence-corrected chi connectivity index (χ1v) is 22.0. The van der Waals surface area contributed by atoms with Crippen molar-refractivity contribution in [2.45, 2.75) is 203 Å². The molecule has 10 heteroatoms. The van der Waals surface area contributed by atoms with E-state index in [0.29, 0.717) is 0 Å². The Hall–Kier alpha value is -2.50. The molecule has 0 spiro atoms. The first-order chi connectivity index (χ1) is 26.4. The van der Waals surface area contributed by atoms with E-state index >= 15 is 0 Å². The molecule has 0 amide bonds. The molecule has 2 aromatic heterocycles. The van der Waals surface area contributed by atoms with E-state index in [1.54, 1.807) is 0 Å². The first-order valence-electron chi connectivity index (χ1n) is 22.0. The lowest BCUT2D eigenvalue weighted by molar-refractivity contribution is 0.570. The van der Waals surface area contributed by atoms with Crippen LogP contribution >= 0.6 is 0 Å². The summed E-state index contributed by atoms with van der Waals surface area (Å²) in [5.74, 6) is 4.36. The van der Waals surface area contributed by atoms with Crippen LogP contribution in [-0.2, 0) is 25.7 Å². The second-order valence-electron chi connectivity index (χ2n) is 12.0. The second-order valence-corrected chi connectivity index (χ2v) is 12.0. The van der Waals surface area contributed by atoms with E-state index < -0.39 is 0 Å². The maximum absolute atomic E-state index is 4.76. The number of aromatic nitrogens is 4. The lowest BCUT2D eigenvalue weighted by Crippen LogP contribution is -2.31. The molecule has 0 N–H and O–H groups in total. The maximum Gasteiger partial charge on any atom is 0.139 e. The van der Waals surface area contributed by atoms with Gasteiger partial charge in [0.15, 0.2) is 0 Å². The molecule has 320 valence electrons. The Morgan fingerprint density at radius 3 is 1.25 bits per heavy atom. The van der Waals surface area contributed by atoms with Gasteiger partial charge in [0.1, 0.15) is 52.4 Å². The molecule has 56 heavy (non-hydrogen) atoms. The number of allylic oxidation sites excluding steroid dienone is 2. The third kappa shape index (κ3) is 27.2. The van der Waals surface area contributed by atoms with Gasteiger partial charge in [-0.25, -0.2) is 19.9 Å². The molecule has 2 saturated heterocycles. The second kappa shape index (κ2) is 48.6. The van der Waals surface area contributed by atoms with Crippen LogP contribution in [0.25, 0.3) is 12.2 Å². The molecule has 0 unspecified atom stereocenters. The number of hydrogen-bond acceptors (Lipinski definition) is 6. The van der Waals surface area contributed by atoms with Crippen molar-refractivity contribution < 1.29 is 0 Å². The molecule has 6 rings (SSSR count). The molecule has 2 aliphatic heterocycles. The number of piperidine rings is 2. The van der Waals surface area contributed by atoms with Gasteiger partial charge in [-0.2, -0.15) is 0 Å². The van der Waals surface area contributed by atoms with Crippen LogP contribution in [0.5, 0.6) is 0 Å². The SMILES string of the molecule is C.C.CC.CC.CC.CC.CCc1nc2c(c(N3CCCCC3)n1)C=CC2.CCc1nc2c(c(N3CCCCC3)n1)CC=C2.C[B]C.C[B]C.C[B]C.C[B]C. The molecule has 6 nitrogen and oxygen atoms in total. The van der Waals surface area contributed by atoms with Crippen LogP contribution in [0.2, 0.25) is 54.6 Å². The molecule has 2 aliphatic carbocycles. The molecule has 4 heterocycles. The zero-order valence-electron chi connectivity index (χ0n) is 39.2. The van der Waals surface area contributed by atoms with Gasteiger partial charge in [-0.15, -0.1) is 0 Å². The molecule has 0 bridgehead atoms. The minimum Gasteiger partial charge on any atom is -0.356 e. The highest BCUT2D eigenvalue weighted by Crippen LogP contribution is 2.30. The predicted octanol–water partition coefficient (Wildman–Crippen LogP) is 13.7. The summed E-state index contributed by atoms with van der Waals surface area (Å²) in [4.78, 5) is 23.6. The zero-order valence-corrected chi connectivity index (χ0v) is 39.2. The van der Waals surface area contributed by atoms with Gasteiger partial charge in [0, 0.05) is 56.6 Å². The van der Waals surface area contributed by atoms with E-state index in [2.05, 4.69) is 57.9 Å². The van der Waals surface area contributed by atoms with Crippen molar-refractivity contribution in [3.05, 3.63) is 46.3 Å². The minimum atomic E-state index is 0. The number of nitrogens with zero attached hydrogens (tertiary/aromatic N) is 6. The number of rotatable bonds is 4. The van der Waals surface area contributed by atoms with Gasteiger partial charge in [-0.05, 0) is 51.0 Å². The Morgan fingerprint density at radius 2 is 0.839 bits per heavy atom. The normalized spacial score (nSPS) is 12.7. The zero-order chi connectivity index (χ0) is 42.2. The fourth-order valence-electron chi connectivity index (χ4n) is 5.36. The van der Waals surface area contributed by atoms with Crippen LogP contribution in [0.4, 0.5) is 11.6 Å². The Balaban J connectivity index is -0.000000150. The first kappa shape index (κ1) is 65.4. The van der Waals surface area contributed by atoms with E-state index in [9.17, 15) is 0 Å². The van der Waals surface area contributed by atoms with Crippen molar-refractivity contribution in [1.82, 2.24) is 19.9 Å². The van der Waals surface area contributed by atoms with Gasteiger partial charge in [-0.1, -0.05) is 157 Å². The monoisotopic (exact) mass is 775 g/mol. The van der Waals surface area contributed by atoms with Crippen molar-refractivity contribution in [2.75, 3.05) is 36.0 Å². The molecule has 0 saturated carbocycles. The minimum absolute atomic E-state index is 0. The lowest BCUT2D eigenvalue weighted by atomic mass is 9.88. The molecule has 4 aliphatic rings. The average molecular weight is 775 g/mol. The van der Waals surface area contributed by atoms with Gasteiger partial charge in [0.25, 0.3) is 0 Å². The summed E-state index contributed by atoms with van der Waals surface area (Å²) < 4.78 is 0. The largest absolute Gasteiger partial charge is 0.356 e. The standard InChI is InChI=1S/2C14H19N3.4C2H6B.4C2H6.2CH4/c2*1-2-13-15-12-8-6-7-11(12)14(16-13)17-9-4-3-5-10-17;4*1-3-2;4*1-2;;/h6,8H,2-5,7,9-10H2,1H3;6-7H,2-5,8-10H2,1H3;4*1-2H3;4*1-2H3;2*1H4. The van der Waals surface area contributed by atoms with Crippen molar-refractivity contribution >= 4 is 52.9 Å². The van der Waals surface area contributed by atoms with E-state index in [1.807, 2.05) is 139 Å². The van der Waals surface area contributed by atoms with Crippen molar-refractivity contribution in [2.24, 2.45) is 0 Å². The molecule has 0 aromatic carbocycles. The number of aryl methyl sites for hydroxylation is 2. The van der Waals surface area contributed by atoms with Crippen LogP contribution < -0.4 is 9.80 Å². The number of fused-ring (bicyclic) bond motifs is 2. The molecule has 2 aromatic rings. The third-order valence-corrected chi connectivity index (χ3v) is 7.25. The summed E-state index contributed by atoms with van der Waals surface area (Å²) in [6.45, 7) is 40.9. The third-order valence-electron chi connectivity index (χ3n) is 7.25. The summed E-state index contributed by atoms with van der Waals surface area (Å²) in [6, 6.07) is 0. The molecular formula is C46H94B4N6. The van der Waals surface area contributed by atoms with Crippen LogP contribution in [0, 0.1) is 0 Å². The van der Waals surface area contributed by atoms with Gasteiger partial charge in [0.05, 0.1) is 11.4 Å². The van der Waals surface area contributed by atoms with E-state index in [4.69, 9.17) is 9.97 Å². The van der Waals surface area contributed by atoms with E-state index in [1.165, 1.54) is 67.0 Å². The lowest BCUT2D eigenvalue weighted by Gasteiger charge is -2.29. The molecule has 4 radical (unpaired) electrons. The Morgan fingerprint density at radius 1 is 0.482 bits per heavy atom. The van der Waals surface area contributed by atoms with Gasteiger partial charge in [-0.3, -0.25) is 0 Å². The maximum atomic E-state index is 4.76. The highest BCUT2D eigenvalue weighted by Gasteiger charge is 2.22. The highest BCUT2D eigenvalue weighted by molar-refractivity contribution is 6.31. The fraction of sp³-hybridized carbons (Fsp3) is 0.739. The van der Waals surface area contributed by atoms with Gasteiger partial charge in [0.2, 0.25) is 0 Å². The van der Waals surface area contributed by atoms with Crippen molar-refractivity contribution in [3.63, 3.8) is 0 Å². The van der Waals surface area contributed by atoms with Crippen molar-refractivity contribution in [1.29, 1.82) is 0 Å². The Kier molecular flexibility index (Phi) is 56.8. The summed E-state index contributed by atoms with van der Waals surface area (Å²) in [7, 11) is 8.00. The predicted molar refractivity (Wildman–Crippen MR) is 269 cm³/mol. The van der Waals surface area contributed by atoms with Crippen LogP contribution in [0.15, 0.2) is 12.2 Å². The number of hydrogen-bond donors (Lipinski definition) is 0. The number of anilines is 2. The van der Waals surface area contributed by atoms with Crippen LogP contribution in [-0.4, -0.2) is 75.2 Å². The smallest absolute Gasteiger partial charge is 0.139 e. The topological polar surface area (TPSA) is 58.0 Å². The summed E-state index contributed by atoms with van der Waals surface area (Å²) in [5.41, 5.74) is 4.98. The molecular weight excluding hydrogens is 680 g/mol. The summed E-state index contributed by atoms with van der Waals surface area (Å²) in [5, 5.41) is 0. The van der Waals surface area contributed by atoms with Gasteiger partial charge >= 0.3 is 0 Å². The quantitative estimate of drug-likeness (QED) is 0.288. The fourth-order valence-corrected chi connectivity index (χ4v) is 5.36. The van der Waals surface area contributed by atoms with E-state index in [-0.39, 0.29) is 14.9 Å². The van der Waals surface area contributed by atoms with Crippen molar-refractivity contribution in [3.8, 4) is 0 Å². The Bertz CT molecular complexity index is 1140. The van der Waals surface area contributed by atoms with Crippen LogP contribution in [0.3, 0.4) is 0 Å². The molecule has 0 atom stereocenters. The van der Waals surface area contributed by atoms with Crippen LogP contribution in [0.1, 0.15) is 157 Å². The average Bonchev–Trinajstić information content (AvgIpc) is 3.93. The summed E-state index contributed by atoms with van der Waals surface area (Å²) in [6.07, 6.45) is 20.5.